The molecule has 0 radical (unpaired) electrons. The maximum absolute atomic E-state index is 11.1. The Balaban J connectivity index is 0.000000175. The van der Waals surface area contributed by atoms with Crippen LogP contribution in [-0.4, -0.2) is 21.5 Å². The van der Waals surface area contributed by atoms with Crippen LogP contribution in [-0.2, 0) is 55.1 Å². The normalized spacial score (nSPS) is 48.0. The van der Waals surface area contributed by atoms with Crippen LogP contribution in [0, 0.1) is 29.6 Å². The number of hydrogen-bond donors (Lipinski definition) is 0. The van der Waals surface area contributed by atoms with Crippen LogP contribution in [0.3, 0.4) is 0 Å². The SMILES string of the molecule is C1C[C]2([Mo]([C]34CCC(CC3)C4)([C]34CCC(CC3)C4)[C]34CCC(CC3)C4)CCC1C2.O=[C]([Mo])C(=O)C(=O)C(=O)C1CCC1. The fraction of sp³-hybridized carbons (Fsp3) is 0.889. The van der Waals surface area contributed by atoms with E-state index in [1.54, 1.807) is 128 Å². The molecule has 9 aliphatic rings. The second-order valence-electron chi connectivity index (χ2n) is 16.9. The second kappa shape index (κ2) is 10.3. The molecule has 0 aromatic rings. The summed E-state index contributed by atoms with van der Waals surface area (Å²) in [7, 11) is 0. The van der Waals surface area contributed by atoms with Crippen molar-refractivity contribution >= 4 is 21.5 Å². The molecule has 0 saturated heterocycles. The van der Waals surface area contributed by atoms with Crippen LogP contribution in [0.5, 0.6) is 0 Å². The number of rotatable bonds is 8. The zero-order chi connectivity index (χ0) is 29.0. The summed E-state index contributed by atoms with van der Waals surface area (Å²) >= 11 is -1.41. The van der Waals surface area contributed by atoms with Crippen molar-refractivity contribution in [3.05, 3.63) is 0 Å². The molecule has 9 saturated carbocycles. The van der Waals surface area contributed by atoms with E-state index >= 15 is 0 Å². The van der Waals surface area contributed by atoms with Crippen molar-refractivity contribution in [2.75, 3.05) is 0 Å². The summed E-state index contributed by atoms with van der Waals surface area (Å²) in [5.74, 6) is 1.41. The third-order valence-electron chi connectivity index (χ3n) is 15.4. The van der Waals surface area contributed by atoms with E-state index in [1.807, 2.05) is 0 Å². The average Bonchev–Trinajstić information content (AvgIpc) is 3.82. The Hall–Kier alpha value is 0.0566. The van der Waals surface area contributed by atoms with Crippen molar-refractivity contribution in [3.8, 4) is 0 Å². The minimum absolute atomic E-state index is 0.308. The molecule has 9 fully saturated rings. The van der Waals surface area contributed by atoms with Gasteiger partial charge in [-0.1, -0.05) is 0 Å². The third kappa shape index (κ3) is 3.85. The van der Waals surface area contributed by atoms with Crippen LogP contribution in [0.1, 0.15) is 148 Å². The second-order valence-corrected chi connectivity index (χ2v) is 29.3. The summed E-state index contributed by atoms with van der Waals surface area (Å²) in [6.07, 6.45) is 36.8. The van der Waals surface area contributed by atoms with Gasteiger partial charge in [0.05, 0.1) is 0 Å². The van der Waals surface area contributed by atoms with Gasteiger partial charge in [-0.2, -0.15) is 0 Å². The van der Waals surface area contributed by atoms with Gasteiger partial charge in [-0.15, -0.1) is 0 Å². The Morgan fingerprint density at radius 1 is 0.476 bits per heavy atom. The van der Waals surface area contributed by atoms with E-state index in [0.717, 1.165) is 41.5 Å². The summed E-state index contributed by atoms with van der Waals surface area (Å²) in [5.41, 5.74) is 0. The molecule has 231 valence electrons. The van der Waals surface area contributed by atoms with E-state index in [-0.39, 0.29) is 5.92 Å². The summed E-state index contributed by atoms with van der Waals surface area (Å²) in [4.78, 5) is 43.5. The fourth-order valence-electron chi connectivity index (χ4n) is 14.1. The van der Waals surface area contributed by atoms with E-state index in [2.05, 4.69) is 0 Å². The molecule has 6 heteroatoms. The van der Waals surface area contributed by atoms with Crippen LogP contribution in [0.15, 0.2) is 0 Å². The first kappa shape index (κ1) is 29.5. The van der Waals surface area contributed by atoms with Gasteiger partial charge in [-0.05, 0) is 0 Å². The van der Waals surface area contributed by atoms with Gasteiger partial charge in [0, 0.05) is 0 Å². The van der Waals surface area contributed by atoms with Crippen molar-refractivity contribution in [1.82, 2.24) is 0 Å². The molecule has 9 aliphatic carbocycles. The van der Waals surface area contributed by atoms with Crippen LogP contribution in [0.4, 0.5) is 0 Å². The van der Waals surface area contributed by atoms with E-state index in [1.165, 1.54) is 23.7 Å². The number of carbonyl (C=O) groups is 4. The quantitative estimate of drug-likeness (QED) is 0.142. The monoisotopic (exact) mass is 743 g/mol. The van der Waals surface area contributed by atoms with Gasteiger partial charge >= 0.3 is 269 Å². The molecule has 0 spiro atoms. The summed E-state index contributed by atoms with van der Waals surface area (Å²) in [6, 6.07) is 0. The Kier molecular flexibility index (Phi) is 7.21. The van der Waals surface area contributed by atoms with Gasteiger partial charge in [0.2, 0.25) is 0 Å². The molecule has 0 aliphatic heterocycles. The number of Topliss-reactive ketones (excluding diaryl/α,β-unsaturated/α-hetero) is 3. The van der Waals surface area contributed by atoms with Gasteiger partial charge in [0.1, 0.15) is 0 Å². The molecular weight excluding hydrogens is 688 g/mol. The van der Waals surface area contributed by atoms with Crippen molar-refractivity contribution in [2.24, 2.45) is 29.6 Å². The Labute approximate surface area is 267 Å². The van der Waals surface area contributed by atoms with E-state index < -0.39 is 37.6 Å². The van der Waals surface area contributed by atoms with E-state index in [9.17, 15) is 19.2 Å². The topological polar surface area (TPSA) is 68.3 Å². The number of ketones is 3. The molecule has 4 nitrogen and oxygen atoms in total. The molecular formula is C36H51Mo2O4. The first-order chi connectivity index (χ1) is 20.2. The Morgan fingerprint density at radius 3 is 0.976 bits per heavy atom. The molecule has 0 atom stereocenters. The Morgan fingerprint density at radius 2 is 0.786 bits per heavy atom. The van der Waals surface area contributed by atoms with Crippen LogP contribution in [0.2, 0.25) is 15.2 Å². The standard InChI is InChI=1S/C8H7O4.4C7H11.2Mo/c9-4-6(10)8(12)7(11)5-2-1-3-5;4*1-2-7-4-3-6(1)5-7;;/h5H,1-3H2;4*6H,1-5H2;;. The predicted molar refractivity (Wildman–Crippen MR) is 154 cm³/mol. The van der Waals surface area contributed by atoms with Crippen molar-refractivity contribution < 1.29 is 55.1 Å². The molecule has 42 heavy (non-hydrogen) atoms. The van der Waals surface area contributed by atoms with Gasteiger partial charge < -0.3 is 0 Å². The van der Waals surface area contributed by atoms with Gasteiger partial charge in [-0.25, -0.2) is 0 Å². The van der Waals surface area contributed by atoms with Crippen molar-refractivity contribution in [1.29, 1.82) is 0 Å². The molecule has 0 aromatic heterocycles. The van der Waals surface area contributed by atoms with Crippen LogP contribution < -0.4 is 0 Å². The molecule has 8 bridgehead atoms. The first-order valence-corrected chi connectivity index (χ1v) is 22.9. The summed E-state index contributed by atoms with van der Waals surface area (Å²) < 4.78 is 3.05. The van der Waals surface area contributed by atoms with E-state index in [4.69, 9.17) is 0 Å². The fourth-order valence-corrected chi connectivity index (χ4v) is 41.0. The molecule has 0 aromatic carbocycles. The van der Waals surface area contributed by atoms with Crippen molar-refractivity contribution in [2.45, 2.75) is 163 Å². The zero-order valence-corrected chi connectivity index (χ0v) is 29.6. The van der Waals surface area contributed by atoms with Crippen LogP contribution in [0.25, 0.3) is 0 Å². The van der Waals surface area contributed by atoms with Gasteiger partial charge in [-0.3, -0.25) is 0 Å². The zero-order valence-electron chi connectivity index (χ0n) is 25.6. The van der Waals surface area contributed by atoms with Gasteiger partial charge in [0.15, 0.2) is 0 Å². The van der Waals surface area contributed by atoms with Gasteiger partial charge in [0.25, 0.3) is 0 Å². The van der Waals surface area contributed by atoms with Crippen molar-refractivity contribution in [3.63, 3.8) is 0 Å². The predicted octanol–water partition coefficient (Wildman–Crippen LogP) is 8.72. The number of hydrogen-bond acceptors (Lipinski definition) is 4. The maximum atomic E-state index is 11.1. The summed E-state index contributed by atoms with van der Waals surface area (Å²) in [6.45, 7) is 0. The average molecular weight is 740 g/mol. The van der Waals surface area contributed by atoms with Crippen LogP contribution >= 0.6 is 0 Å². The molecule has 0 amide bonds. The molecule has 0 N–H and O–H groups in total. The first-order valence-electron chi connectivity index (χ1n) is 17.8. The molecule has 0 unspecified atom stereocenters. The summed E-state index contributed by atoms with van der Waals surface area (Å²) in [5, 5.41) is 0. The Bertz CT molecular complexity index is 1040. The molecule has 0 heterocycles. The van der Waals surface area contributed by atoms with E-state index in [0.29, 0.717) is 12.8 Å². The third-order valence-corrected chi connectivity index (χ3v) is 34.3. The number of fused-ring (bicyclic) bond motifs is 8. The minimum atomic E-state index is -2.33. The molecule has 9 rings (SSSR count). The number of carbonyl (C=O) groups excluding carboxylic acids is 4.